The number of rotatable bonds is 4. The van der Waals surface area contributed by atoms with Gasteiger partial charge in [-0.2, -0.15) is 0 Å². The fourth-order valence-corrected chi connectivity index (χ4v) is 3.26. The van der Waals surface area contributed by atoms with Crippen molar-refractivity contribution in [2.45, 2.75) is 12.5 Å². The van der Waals surface area contributed by atoms with Crippen molar-refractivity contribution in [3.05, 3.63) is 58.1 Å². The lowest BCUT2D eigenvalue weighted by Gasteiger charge is -2.18. The van der Waals surface area contributed by atoms with Gasteiger partial charge in [-0.1, -0.05) is 23.2 Å². The average molecular weight is 380 g/mol. The summed E-state index contributed by atoms with van der Waals surface area (Å²) in [7, 11) is 0. The van der Waals surface area contributed by atoms with Crippen LogP contribution in [0, 0.1) is 0 Å². The van der Waals surface area contributed by atoms with Gasteiger partial charge in [-0.3, -0.25) is 14.8 Å². The van der Waals surface area contributed by atoms with Gasteiger partial charge in [0.05, 0.1) is 0 Å². The Morgan fingerprint density at radius 3 is 2.36 bits per heavy atom. The minimum Gasteiger partial charge on any atom is -0.374 e. The molecule has 130 valence electrons. The zero-order chi connectivity index (χ0) is 18.0. The number of hydrogen-bond acceptors (Lipinski definition) is 4. The van der Waals surface area contributed by atoms with E-state index >= 15 is 0 Å². The van der Waals surface area contributed by atoms with Crippen LogP contribution in [0.5, 0.6) is 0 Å². The van der Waals surface area contributed by atoms with Crippen LogP contribution in [0.1, 0.15) is 16.8 Å². The molecule has 8 heteroatoms. The molecule has 25 heavy (non-hydrogen) atoms. The maximum atomic E-state index is 12.6. The van der Waals surface area contributed by atoms with Gasteiger partial charge in [-0.25, -0.2) is 5.48 Å². The predicted molar refractivity (Wildman–Crippen MR) is 96.5 cm³/mol. The molecule has 0 bridgehead atoms. The van der Waals surface area contributed by atoms with Crippen molar-refractivity contribution in [1.82, 2.24) is 5.48 Å². The fraction of sp³-hybridized carbons (Fsp3) is 0.176. The molecule has 1 heterocycles. The number of hydroxylamine groups is 1. The Hall–Kier alpha value is -2.28. The number of anilines is 2. The van der Waals surface area contributed by atoms with Gasteiger partial charge in [-0.15, -0.1) is 0 Å². The van der Waals surface area contributed by atoms with E-state index in [1.54, 1.807) is 52.8 Å². The molecule has 1 atom stereocenters. The molecule has 0 aromatic heterocycles. The smallest absolute Gasteiger partial charge is 0.274 e. The highest BCUT2D eigenvalue weighted by atomic mass is 35.5. The summed E-state index contributed by atoms with van der Waals surface area (Å²) >= 11 is 12.0. The summed E-state index contributed by atoms with van der Waals surface area (Å²) < 4.78 is 0. The minimum atomic E-state index is -0.590. The van der Waals surface area contributed by atoms with E-state index in [2.05, 4.69) is 5.32 Å². The third-order valence-corrected chi connectivity index (χ3v) is 4.39. The van der Waals surface area contributed by atoms with E-state index in [1.807, 2.05) is 0 Å². The first-order valence-electron chi connectivity index (χ1n) is 7.56. The van der Waals surface area contributed by atoms with Gasteiger partial charge in [0.15, 0.2) is 0 Å². The van der Waals surface area contributed by atoms with E-state index in [-0.39, 0.29) is 11.9 Å². The Morgan fingerprint density at radius 1 is 1.12 bits per heavy atom. The van der Waals surface area contributed by atoms with Crippen molar-refractivity contribution in [3.8, 4) is 0 Å². The van der Waals surface area contributed by atoms with Gasteiger partial charge in [0, 0.05) is 33.5 Å². The van der Waals surface area contributed by atoms with Crippen LogP contribution in [0.15, 0.2) is 42.5 Å². The van der Waals surface area contributed by atoms with Crippen LogP contribution in [-0.2, 0) is 4.79 Å². The molecule has 6 nitrogen and oxygen atoms in total. The number of carbonyl (C=O) groups excluding carboxylic acids is 2. The maximum absolute atomic E-state index is 12.6. The first-order valence-corrected chi connectivity index (χ1v) is 8.32. The summed E-state index contributed by atoms with van der Waals surface area (Å²) in [4.78, 5) is 25.6. The number of benzene rings is 2. The Bertz CT molecular complexity index is 791. The monoisotopic (exact) mass is 379 g/mol. The second-order valence-corrected chi connectivity index (χ2v) is 6.49. The molecule has 0 spiro atoms. The number of halogens is 2. The quantitative estimate of drug-likeness (QED) is 0.562. The highest BCUT2D eigenvalue weighted by Gasteiger charge is 2.32. The van der Waals surface area contributed by atoms with Crippen molar-refractivity contribution in [1.29, 1.82) is 0 Å². The summed E-state index contributed by atoms with van der Waals surface area (Å²) in [6, 6.07) is 11.1. The molecule has 0 aliphatic carbocycles. The van der Waals surface area contributed by atoms with Crippen molar-refractivity contribution < 1.29 is 14.8 Å². The van der Waals surface area contributed by atoms with Crippen molar-refractivity contribution >= 4 is 46.4 Å². The third-order valence-electron chi connectivity index (χ3n) is 3.95. The second kappa shape index (κ2) is 7.31. The SMILES string of the molecule is O=C(NO)c1ccc(NC2CCN(c3cc(Cl)cc(Cl)c3)C2=O)cc1. The number of carbonyl (C=O) groups is 2. The molecule has 1 aliphatic rings. The van der Waals surface area contributed by atoms with Crippen LogP contribution in [0.2, 0.25) is 10.0 Å². The van der Waals surface area contributed by atoms with Crippen LogP contribution < -0.4 is 15.7 Å². The highest BCUT2D eigenvalue weighted by Crippen LogP contribution is 2.29. The van der Waals surface area contributed by atoms with Crippen LogP contribution in [0.25, 0.3) is 0 Å². The van der Waals surface area contributed by atoms with Gasteiger partial charge >= 0.3 is 0 Å². The highest BCUT2D eigenvalue weighted by molar-refractivity contribution is 6.35. The molecule has 0 radical (unpaired) electrons. The van der Waals surface area contributed by atoms with Gasteiger partial charge in [0.25, 0.3) is 5.91 Å². The third kappa shape index (κ3) is 3.87. The standard InChI is InChI=1S/C17H15Cl2N3O3/c18-11-7-12(19)9-14(8-11)22-6-5-15(17(22)24)20-13-3-1-10(2-4-13)16(23)21-25/h1-4,7-9,15,20,25H,5-6H2,(H,21,23). The molecule has 2 aromatic carbocycles. The zero-order valence-electron chi connectivity index (χ0n) is 13.0. The Labute approximate surface area is 154 Å². The first kappa shape index (κ1) is 17.5. The second-order valence-electron chi connectivity index (χ2n) is 5.62. The fourth-order valence-electron chi connectivity index (χ4n) is 2.75. The van der Waals surface area contributed by atoms with E-state index in [4.69, 9.17) is 28.4 Å². The molecule has 2 amide bonds. The van der Waals surface area contributed by atoms with Crippen LogP contribution >= 0.6 is 23.2 Å². The summed E-state index contributed by atoms with van der Waals surface area (Å²) in [5.41, 5.74) is 3.27. The lowest BCUT2D eigenvalue weighted by atomic mass is 10.1. The van der Waals surface area contributed by atoms with E-state index in [0.717, 1.165) is 0 Å². The lowest BCUT2D eigenvalue weighted by Crippen LogP contribution is -2.33. The van der Waals surface area contributed by atoms with E-state index in [9.17, 15) is 9.59 Å². The van der Waals surface area contributed by atoms with Gasteiger partial charge in [0.2, 0.25) is 5.91 Å². The van der Waals surface area contributed by atoms with Crippen molar-refractivity contribution in [3.63, 3.8) is 0 Å². The molecule has 1 aliphatic heterocycles. The maximum Gasteiger partial charge on any atom is 0.274 e. The summed E-state index contributed by atoms with van der Waals surface area (Å²) in [6.45, 7) is 0.554. The topological polar surface area (TPSA) is 81.7 Å². The van der Waals surface area contributed by atoms with Crippen molar-refractivity contribution in [2.75, 3.05) is 16.8 Å². The lowest BCUT2D eigenvalue weighted by molar-refractivity contribution is -0.117. The van der Waals surface area contributed by atoms with Crippen LogP contribution in [0.3, 0.4) is 0 Å². The number of nitrogens with one attached hydrogen (secondary N) is 2. The molecule has 1 fully saturated rings. The summed E-state index contributed by atoms with van der Waals surface area (Å²) in [5.74, 6) is -0.664. The number of amides is 2. The largest absolute Gasteiger partial charge is 0.374 e. The van der Waals surface area contributed by atoms with Gasteiger partial charge < -0.3 is 10.2 Å². The Kier molecular flexibility index (Phi) is 5.13. The number of nitrogens with zero attached hydrogens (tertiary/aromatic N) is 1. The minimum absolute atomic E-state index is 0.0736. The van der Waals surface area contributed by atoms with Crippen LogP contribution in [0.4, 0.5) is 11.4 Å². The molecule has 3 rings (SSSR count). The molecule has 3 N–H and O–H groups in total. The molecule has 0 saturated carbocycles. The molecular formula is C17H15Cl2N3O3. The molecule has 1 unspecified atom stereocenters. The van der Waals surface area contributed by atoms with Gasteiger partial charge in [-0.05, 0) is 48.9 Å². The van der Waals surface area contributed by atoms with Crippen molar-refractivity contribution in [2.24, 2.45) is 0 Å². The Morgan fingerprint density at radius 2 is 1.76 bits per heavy atom. The van der Waals surface area contributed by atoms with E-state index in [1.165, 1.54) is 0 Å². The van der Waals surface area contributed by atoms with Gasteiger partial charge in [0.1, 0.15) is 6.04 Å². The van der Waals surface area contributed by atoms with E-state index in [0.29, 0.717) is 39.9 Å². The first-order chi connectivity index (χ1) is 12.0. The summed E-state index contributed by atoms with van der Waals surface area (Å²) in [6.07, 6.45) is 0.627. The Balaban J connectivity index is 1.71. The molecule has 2 aromatic rings. The number of hydrogen-bond donors (Lipinski definition) is 3. The summed E-state index contributed by atoms with van der Waals surface area (Å²) in [5, 5.41) is 12.7. The normalized spacial score (nSPS) is 16.8. The van der Waals surface area contributed by atoms with E-state index < -0.39 is 5.91 Å². The predicted octanol–water partition coefficient (Wildman–Crippen LogP) is 3.33. The average Bonchev–Trinajstić information content (AvgIpc) is 2.95. The zero-order valence-corrected chi connectivity index (χ0v) is 14.5. The molecule has 1 saturated heterocycles. The molecular weight excluding hydrogens is 365 g/mol. The van der Waals surface area contributed by atoms with Crippen LogP contribution in [-0.4, -0.2) is 29.6 Å².